The Bertz CT molecular complexity index is 2090. The van der Waals surface area contributed by atoms with E-state index >= 15 is 8.78 Å². The van der Waals surface area contributed by atoms with Gasteiger partial charge in [-0.1, -0.05) is 41.1 Å². The Kier molecular flexibility index (Phi) is 11.6. The normalized spacial score (nSPS) is 40.3. The van der Waals surface area contributed by atoms with Crippen LogP contribution < -0.4 is 20.7 Å². The van der Waals surface area contributed by atoms with E-state index in [1.807, 2.05) is 0 Å². The van der Waals surface area contributed by atoms with Gasteiger partial charge in [0.05, 0.1) is 30.2 Å². The predicted molar refractivity (Wildman–Crippen MR) is 217 cm³/mol. The van der Waals surface area contributed by atoms with Crippen LogP contribution in [0.2, 0.25) is 0 Å². The highest BCUT2D eigenvalue weighted by atomic mass is 79.9. The molecule has 1 aromatic carbocycles. The summed E-state index contributed by atoms with van der Waals surface area (Å²) in [6.07, 6.45) is 0.400. The molecular formula is C44H52BrF2N3O12. The fourth-order valence-corrected chi connectivity index (χ4v) is 12.5. The van der Waals surface area contributed by atoms with Crippen molar-refractivity contribution in [2.24, 2.45) is 28.1 Å². The molecule has 0 unspecified atom stereocenters. The Hall–Kier alpha value is -4.10. The first kappa shape index (κ1) is 44.5. The van der Waals surface area contributed by atoms with Crippen molar-refractivity contribution in [2.45, 2.75) is 126 Å². The highest BCUT2D eigenvalue weighted by molar-refractivity contribution is 9.09. The van der Waals surface area contributed by atoms with Gasteiger partial charge in [-0.05, 0) is 99.5 Å². The predicted octanol–water partition coefficient (Wildman–Crippen LogP) is 3.00. The number of hydrogen-bond donors (Lipinski definition) is 6. The van der Waals surface area contributed by atoms with E-state index in [1.165, 1.54) is 19.1 Å². The molecule has 7 aliphatic rings. The number of fused-ring (bicyclic) bond motifs is 7. The van der Waals surface area contributed by atoms with Gasteiger partial charge < -0.3 is 45.5 Å². The SMILES string of the molecule is C[C@]12C=CC(=O)C=C1[C@@H](F)C[C@H]1[C@@H]3C[C@H]4O[C@@H](c5ccc(OC6CC7(CC(NC(=O)[C@H](CCC(=O)O)NC(=O)CNC(=O)CBr)C7)C6)cc5)O[C@@]4(C(=O)CO)[C@@]3(C)C[C@H](O)[C@@]12F. The summed E-state index contributed by atoms with van der Waals surface area (Å²) in [5.41, 5.74) is -6.38. The van der Waals surface area contributed by atoms with Gasteiger partial charge in [0, 0.05) is 34.8 Å². The van der Waals surface area contributed by atoms with Gasteiger partial charge in [0.2, 0.25) is 17.7 Å². The number of allylic oxidation sites excluding steroid dienone is 4. The number of nitrogens with one attached hydrogen (secondary N) is 3. The summed E-state index contributed by atoms with van der Waals surface area (Å²) in [5.74, 6) is -4.86. The van der Waals surface area contributed by atoms with Gasteiger partial charge >= 0.3 is 5.97 Å². The van der Waals surface area contributed by atoms with Crippen LogP contribution in [0.15, 0.2) is 48.1 Å². The van der Waals surface area contributed by atoms with Crippen molar-refractivity contribution in [3.05, 3.63) is 53.6 Å². The molecule has 1 saturated heterocycles. The first-order valence-electron chi connectivity index (χ1n) is 21.2. The van der Waals surface area contributed by atoms with Crippen molar-refractivity contribution < 1.29 is 67.1 Å². The van der Waals surface area contributed by atoms with Crippen molar-refractivity contribution in [3.63, 3.8) is 0 Å². The molecule has 18 heteroatoms. The second-order valence-corrected chi connectivity index (χ2v) is 19.3. The standard InChI is InChI=1S/C44H52BrF2N3O12/c1-40-10-9-24(52)11-29(40)30(46)12-28-27-13-34-44(33(54)21-51,41(27,2)18-32(53)43(28,40)47)62-39(61-34)22-3-5-25(6-4-22)60-26-16-42(17-26)14-23(15-42)49-38(59)31(7-8-37(57)58)50-36(56)20-48-35(55)19-45/h3-6,9-11,23,26-28,30-32,34,39,51,53H,7-8,12-21H2,1-2H3,(H,48,55)(H,49,59)(H,50,56)(H,57,58)/t23?,26?,27-,28-,30-,31-,32-,34+,39+,40-,41-,42?,43-,44+/m0/s1. The number of carbonyl (C=O) groups is 6. The Labute approximate surface area is 364 Å². The second kappa shape index (κ2) is 16.2. The Morgan fingerprint density at radius 2 is 1.73 bits per heavy atom. The van der Waals surface area contributed by atoms with Crippen LogP contribution >= 0.6 is 15.9 Å². The summed E-state index contributed by atoms with van der Waals surface area (Å²) in [4.78, 5) is 74.1. The third-order valence-electron chi connectivity index (χ3n) is 15.3. The number of carboxylic acid groups (broad SMARTS) is 1. The van der Waals surface area contributed by atoms with E-state index in [2.05, 4.69) is 31.9 Å². The highest BCUT2D eigenvalue weighted by Gasteiger charge is 2.80. The molecule has 6 N–H and O–H groups in total. The van der Waals surface area contributed by atoms with Gasteiger partial charge in [-0.2, -0.15) is 0 Å². The zero-order chi connectivity index (χ0) is 44.6. The molecular weight excluding hydrogens is 880 g/mol. The zero-order valence-electron chi connectivity index (χ0n) is 34.4. The molecule has 1 heterocycles. The van der Waals surface area contributed by atoms with E-state index in [1.54, 1.807) is 31.2 Å². The maximum atomic E-state index is 17.7. The Balaban J connectivity index is 0.871. The van der Waals surface area contributed by atoms with Crippen LogP contribution in [0.5, 0.6) is 5.75 Å². The maximum absolute atomic E-state index is 17.7. The number of aliphatic carboxylic acids is 1. The molecule has 1 aromatic rings. The molecule has 11 atom stereocenters. The van der Waals surface area contributed by atoms with Crippen LogP contribution in [0.1, 0.15) is 83.5 Å². The lowest BCUT2D eigenvalue weighted by molar-refractivity contribution is -0.235. The number of Topliss-reactive ketones (excluding diaryl/α,β-unsaturated/α-hetero) is 1. The molecule has 8 rings (SSSR count). The summed E-state index contributed by atoms with van der Waals surface area (Å²) in [7, 11) is 0. The van der Waals surface area contributed by atoms with E-state index in [4.69, 9.17) is 19.3 Å². The maximum Gasteiger partial charge on any atom is 0.303 e. The zero-order valence-corrected chi connectivity index (χ0v) is 36.0. The number of ether oxygens (including phenoxy) is 3. The number of hydrogen-bond acceptors (Lipinski definition) is 11. The number of benzene rings is 1. The number of ketones is 2. The number of amides is 3. The average Bonchev–Trinajstić information content (AvgIpc) is 3.71. The molecule has 0 bridgehead atoms. The van der Waals surface area contributed by atoms with Crippen LogP contribution in [0, 0.1) is 28.1 Å². The number of aliphatic hydroxyl groups excluding tert-OH is 2. The summed E-state index contributed by atoms with van der Waals surface area (Å²) >= 11 is 2.99. The summed E-state index contributed by atoms with van der Waals surface area (Å²) in [6, 6.07) is 5.78. The number of aliphatic hydroxyl groups is 2. The third-order valence-corrected chi connectivity index (χ3v) is 15.8. The van der Waals surface area contributed by atoms with Crippen molar-refractivity contribution in [3.8, 4) is 5.75 Å². The number of rotatable bonds is 14. The van der Waals surface area contributed by atoms with Crippen LogP contribution in [-0.4, -0.2) is 117 Å². The summed E-state index contributed by atoms with van der Waals surface area (Å²) in [6.45, 7) is 2.01. The fraction of sp³-hybridized carbons (Fsp3) is 0.636. The minimum atomic E-state index is -2.35. The smallest absolute Gasteiger partial charge is 0.303 e. The summed E-state index contributed by atoms with van der Waals surface area (Å²) < 4.78 is 52.9. The van der Waals surface area contributed by atoms with Gasteiger partial charge in [-0.25, -0.2) is 8.78 Å². The molecule has 6 aliphatic carbocycles. The average molecular weight is 933 g/mol. The van der Waals surface area contributed by atoms with Crippen molar-refractivity contribution in [2.75, 3.05) is 18.5 Å². The highest BCUT2D eigenvalue weighted by Crippen LogP contribution is 2.72. The van der Waals surface area contributed by atoms with E-state index in [0.29, 0.717) is 24.2 Å². The van der Waals surface area contributed by atoms with Gasteiger partial charge in [0.15, 0.2) is 29.1 Å². The van der Waals surface area contributed by atoms with Crippen LogP contribution in [0.4, 0.5) is 8.78 Å². The Morgan fingerprint density at radius 1 is 1.02 bits per heavy atom. The van der Waals surface area contributed by atoms with Crippen molar-refractivity contribution in [1.29, 1.82) is 0 Å². The first-order valence-corrected chi connectivity index (χ1v) is 22.3. The molecule has 0 aromatic heterocycles. The molecule has 6 fully saturated rings. The Morgan fingerprint density at radius 3 is 2.39 bits per heavy atom. The molecule has 1 aliphatic heterocycles. The quantitative estimate of drug-likeness (QED) is 0.148. The lowest BCUT2D eigenvalue weighted by Gasteiger charge is -2.63. The van der Waals surface area contributed by atoms with E-state index < -0.39 is 107 Å². The van der Waals surface area contributed by atoms with E-state index in [9.17, 15) is 39.0 Å². The van der Waals surface area contributed by atoms with E-state index in [-0.39, 0.29) is 67.1 Å². The van der Waals surface area contributed by atoms with Gasteiger partial charge in [-0.15, -0.1) is 0 Å². The number of carbonyl (C=O) groups excluding carboxylic acids is 5. The fourth-order valence-electron chi connectivity index (χ4n) is 12.3. The minimum absolute atomic E-state index is 0.00224. The number of alkyl halides is 3. The van der Waals surface area contributed by atoms with Crippen LogP contribution in [0.25, 0.3) is 0 Å². The lowest BCUT2D eigenvalue weighted by atomic mass is 9.44. The molecule has 3 amide bonds. The van der Waals surface area contributed by atoms with Crippen LogP contribution in [0.3, 0.4) is 0 Å². The third kappa shape index (κ3) is 7.11. The second-order valence-electron chi connectivity index (χ2n) is 18.8. The molecule has 336 valence electrons. The molecule has 1 spiro atoms. The topological polar surface area (TPSA) is 227 Å². The monoisotopic (exact) mass is 931 g/mol. The van der Waals surface area contributed by atoms with Gasteiger partial charge in [0.1, 0.15) is 24.6 Å². The van der Waals surface area contributed by atoms with E-state index in [0.717, 1.165) is 18.9 Å². The van der Waals surface area contributed by atoms with Crippen LogP contribution in [-0.2, 0) is 38.2 Å². The number of halogens is 3. The van der Waals surface area contributed by atoms with Gasteiger partial charge in [-0.3, -0.25) is 28.8 Å². The molecule has 5 saturated carbocycles. The molecule has 0 radical (unpaired) electrons. The van der Waals surface area contributed by atoms with Crippen molar-refractivity contribution in [1.82, 2.24) is 16.0 Å². The molecule has 15 nitrogen and oxygen atoms in total. The number of carboxylic acids is 1. The molecule has 62 heavy (non-hydrogen) atoms. The lowest BCUT2D eigenvalue weighted by Crippen LogP contribution is -2.70. The summed E-state index contributed by atoms with van der Waals surface area (Å²) in [5, 5.41) is 39.0. The van der Waals surface area contributed by atoms with Gasteiger partial charge in [0.25, 0.3) is 0 Å². The minimum Gasteiger partial charge on any atom is -0.490 e. The first-order chi connectivity index (χ1) is 29.3. The largest absolute Gasteiger partial charge is 0.490 e. The van der Waals surface area contributed by atoms with Crippen molar-refractivity contribution >= 4 is 51.2 Å².